The molecule has 0 spiro atoms. The summed E-state index contributed by atoms with van der Waals surface area (Å²) in [5.74, 6) is 0. The summed E-state index contributed by atoms with van der Waals surface area (Å²) in [6, 6.07) is 45.9. The molecule has 62 heavy (non-hydrogen) atoms. The van der Waals surface area contributed by atoms with E-state index in [1.165, 1.54) is 11.1 Å². The molecule has 8 rings (SSSR count). The summed E-state index contributed by atoms with van der Waals surface area (Å²) in [4.78, 5) is 0. The first-order chi connectivity index (χ1) is 29.0. The van der Waals surface area contributed by atoms with Gasteiger partial charge in [-0.15, -0.1) is 0 Å². The second kappa shape index (κ2) is 16.6. The molecule has 6 aromatic rings. The summed E-state index contributed by atoms with van der Waals surface area (Å²) in [7, 11) is 18.2. The van der Waals surface area contributed by atoms with Gasteiger partial charge in [-0.25, -0.2) is 0 Å². The average molecular weight is 1060 g/mol. The first kappa shape index (κ1) is 46.4. The zero-order valence-electron chi connectivity index (χ0n) is 35.2. The van der Waals surface area contributed by atoms with Crippen LogP contribution >= 0.6 is 86.6 Å². The number of halogens is 8. The predicted octanol–water partition coefficient (Wildman–Crippen LogP) is 18.5. The molecule has 2 aliphatic carbocycles. The van der Waals surface area contributed by atoms with Crippen LogP contribution in [0.25, 0.3) is 33.4 Å². The zero-order valence-corrected chi connectivity index (χ0v) is 43.7. The molecule has 0 atom stereocenters. The molecule has 0 radical (unpaired) electrons. The SMILES string of the molecule is CC(C)(C)c1cc2c(cc1-c1ccccc1)[CH]([Zr]([Cl])([Cl])(=[C](c1cccc(C(Cl)(Cl)Cl)c1)c1cccc(C(Cl)(Cl)Cl)c1)[CH]1C=CC=C1)c1cc(-c3ccccc3)c(C(C)(C)C)cc1-2. The van der Waals surface area contributed by atoms with Crippen molar-refractivity contribution in [2.75, 3.05) is 0 Å². The maximum absolute atomic E-state index is 9.12. The van der Waals surface area contributed by atoms with E-state index in [-0.39, 0.29) is 14.5 Å². The fourth-order valence-corrected chi connectivity index (χ4v) is 29.6. The standard InChI is InChI=1S/C33H33.C15H8Cl6.C5H5.2ClH.Zr/c1-32(2,3)30-20-26-24(18-28(30)22-13-9-7-10-14-22)17-25-19-29(23-15-11-8-12-16-23)31(21-27(25)26)33(4,5)6;16-14(17,18)12-5-1-3-10(8-12)7-11-4-2-6-13(9-11)15(19,20)21;1-2-4-5-3-1;;;/h7-21H,1-6H3;1-6,8-9H;1-5H;2*1H;/q;;;;;+2/p-2. The van der Waals surface area contributed by atoms with Crippen molar-refractivity contribution in [1.82, 2.24) is 0 Å². The number of hydrogen-bond acceptors (Lipinski definition) is 0. The minimum atomic E-state index is -6.09. The van der Waals surface area contributed by atoms with Crippen molar-refractivity contribution in [3.05, 3.63) is 202 Å². The van der Waals surface area contributed by atoms with E-state index in [1.54, 1.807) is 12.1 Å². The van der Waals surface area contributed by atoms with E-state index in [0.717, 1.165) is 58.8 Å². The van der Waals surface area contributed by atoms with E-state index >= 15 is 0 Å². The van der Waals surface area contributed by atoms with Crippen molar-refractivity contribution in [2.24, 2.45) is 0 Å². The van der Waals surface area contributed by atoms with Crippen LogP contribution in [-0.4, -0.2) is 3.21 Å². The van der Waals surface area contributed by atoms with Gasteiger partial charge in [0.2, 0.25) is 0 Å². The molecule has 318 valence electrons. The molecule has 9 heteroatoms. The molecule has 0 heterocycles. The second-order valence-corrected chi connectivity index (χ2v) is 43.9. The van der Waals surface area contributed by atoms with Crippen molar-refractivity contribution < 1.29 is 15.9 Å². The van der Waals surface area contributed by atoms with Crippen LogP contribution < -0.4 is 0 Å². The summed E-state index contributed by atoms with van der Waals surface area (Å²) in [6.07, 6.45) is 8.40. The molecule has 0 unspecified atom stereocenters. The van der Waals surface area contributed by atoms with E-state index in [2.05, 4.69) is 139 Å². The van der Waals surface area contributed by atoms with Gasteiger partial charge < -0.3 is 0 Å². The Hall–Kier alpha value is -2.13. The molecular weight excluding hydrogens is 1010 g/mol. The number of allylic oxidation sites excluding steroid dienone is 4. The molecule has 0 saturated heterocycles. The summed E-state index contributed by atoms with van der Waals surface area (Å²) in [6.45, 7) is 13.6. The summed E-state index contributed by atoms with van der Waals surface area (Å²) < 4.78 is -3.55. The Morgan fingerprint density at radius 2 is 0.839 bits per heavy atom. The molecule has 0 bridgehead atoms. The summed E-state index contributed by atoms with van der Waals surface area (Å²) >= 11 is 33.8. The van der Waals surface area contributed by atoms with Gasteiger partial charge in [-0.1, -0.05) is 0 Å². The molecule has 0 aliphatic heterocycles. The van der Waals surface area contributed by atoms with Crippen molar-refractivity contribution in [3.63, 3.8) is 0 Å². The number of rotatable bonds is 6. The first-order valence-corrected chi connectivity index (χ1v) is 33.3. The van der Waals surface area contributed by atoms with Gasteiger partial charge in [0.15, 0.2) is 0 Å². The van der Waals surface area contributed by atoms with Crippen molar-refractivity contribution in [3.8, 4) is 33.4 Å². The van der Waals surface area contributed by atoms with Crippen LogP contribution in [0.15, 0.2) is 158 Å². The fourth-order valence-electron chi connectivity index (χ4n) is 9.58. The van der Waals surface area contributed by atoms with Crippen LogP contribution in [-0.2, 0) is 34.3 Å². The molecule has 0 amide bonds. The maximum atomic E-state index is 9.12. The number of benzene rings is 6. The molecule has 0 fully saturated rings. The van der Waals surface area contributed by atoms with Gasteiger partial charge in [0, 0.05) is 0 Å². The Morgan fingerprint density at radius 3 is 1.19 bits per heavy atom. The van der Waals surface area contributed by atoms with Gasteiger partial charge in [-0.3, -0.25) is 0 Å². The van der Waals surface area contributed by atoms with Crippen LogP contribution in [0.4, 0.5) is 0 Å². The monoisotopic (exact) mass is 1050 g/mol. The molecule has 0 saturated carbocycles. The summed E-state index contributed by atoms with van der Waals surface area (Å²) in [5, 5.41) is 0. The van der Waals surface area contributed by atoms with E-state index in [9.17, 15) is 0 Å². The van der Waals surface area contributed by atoms with Crippen molar-refractivity contribution in [2.45, 2.75) is 67.2 Å². The third-order valence-corrected chi connectivity index (χ3v) is 33.4. The molecule has 0 aromatic heterocycles. The van der Waals surface area contributed by atoms with E-state index in [4.69, 9.17) is 86.6 Å². The number of hydrogen-bond donors (Lipinski definition) is 0. The first-order valence-electron chi connectivity index (χ1n) is 20.6. The molecule has 0 nitrogen and oxygen atoms in total. The van der Waals surface area contributed by atoms with Gasteiger partial charge in [-0.05, 0) is 0 Å². The van der Waals surface area contributed by atoms with E-state index in [0.29, 0.717) is 11.1 Å². The second-order valence-electron chi connectivity index (χ2n) is 18.6. The van der Waals surface area contributed by atoms with E-state index < -0.39 is 27.1 Å². The third kappa shape index (κ3) is 8.45. The summed E-state index contributed by atoms with van der Waals surface area (Å²) in [5.41, 5.74) is 13.4. The Bertz CT molecular complexity index is 2660. The van der Waals surface area contributed by atoms with Gasteiger partial charge in [-0.2, -0.15) is 0 Å². The molecular formula is C53H46Cl8Zr. The van der Waals surface area contributed by atoms with Gasteiger partial charge in [0.05, 0.1) is 0 Å². The Kier molecular flexibility index (Phi) is 12.5. The Morgan fingerprint density at radius 1 is 0.452 bits per heavy atom. The third-order valence-electron chi connectivity index (χ3n) is 12.4. The van der Waals surface area contributed by atoms with Gasteiger partial charge in [0.1, 0.15) is 0 Å². The van der Waals surface area contributed by atoms with Crippen LogP contribution in [0.2, 0.25) is 3.63 Å². The van der Waals surface area contributed by atoms with Crippen LogP contribution in [0.5, 0.6) is 0 Å². The van der Waals surface area contributed by atoms with Gasteiger partial charge >= 0.3 is 409 Å². The number of alkyl halides is 6. The van der Waals surface area contributed by atoms with E-state index in [1.807, 2.05) is 48.6 Å². The quantitative estimate of drug-likeness (QED) is 0.146. The predicted molar refractivity (Wildman–Crippen MR) is 270 cm³/mol. The molecule has 0 N–H and O–H groups in total. The normalized spacial score (nSPS) is 15.0. The van der Waals surface area contributed by atoms with Crippen molar-refractivity contribution in [1.29, 1.82) is 0 Å². The minimum absolute atomic E-state index is 0.210. The average Bonchev–Trinajstić information content (AvgIpc) is 3.88. The van der Waals surface area contributed by atoms with Crippen LogP contribution in [0.3, 0.4) is 0 Å². The molecule has 2 aliphatic rings. The topological polar surface area (TPSA) is 0 Å². The van der Waals surface area contributed by atoms with Crippen molar-refractivity contribution >= 4 is 89.8 Å². The molecule has 6 aromatic carbocycles. The van der Waals surface area contributed by atoms with Crippen LogP contribution in [0, 0.1) is 0 Å². The Balaban J connectivity index is 1.64. The van der Waals surface area contributed by atoms with Crippen LogP contribution in [0.1, 0.15) is 89.7 Å². The Labute approximate surface area is 404 Å². The zero-order chi connectivity index (χ0) is 44.6. The number of fused-ring (bicyclic) bond motifs is 3. The van der Waals surface area contributed by atoms with Gasteiger partial charge in [0.25, 0.3) is 0 Å². The fraction of sp³-hybridized carbons (Fsp3) is 0.226.